The Labute approximate surface area is 108 Å². The van der Waals surface area contributed by atoms with Crippen molar-refractivity contribution in [3.63, 3.8) is 0 Å². The van der Waals surface area contributed by atoms with E-state index in [4.69, 9.17) is 10.4 Å². The quantitative estimate of drug-likeness (QED) is 0.884. The lowest BCUT2D eigenvalue weighted by atomic mass is 10.1. The third kappa shape index (κ3) is 2.69. The second-order valence-corrected chi connectivity index (χ2v) is 3.78. The standard InChI is InChI=1S/C14H9FN2O2/c15-12-2-1-3-13(11(12)8-16)17-10-6-4-9(5-7-10)14(18)19/h1-7,17H,(H,18,19). The van der Waals surface area contributed by atoms with Gasteiger partial charge in [0, 0.05) is 5.69 Å². The number of halogens is 1. The molecule has 0 bridgehead atoms. The van der Waals surface area contributed by atoms with Crippen molar-refractivity contribution in [2.75, 3.05) is 5.32 Å². The molecule has 4 nitrogen and oxygen atoms in total. The van der Waals surface area contributed by atoms with Crippen LogP contribution < -0.4 is 5.32 Å². The number of rotatable bonds is 3. The Morgan fingerprint density at radius 3 is 2.47 bits per heavy atom. The first kappa shape index (κ1) is 12.6. The number of nitrogens with one attached hydrogen (secondary N) is 1. The molecule has 2 rings (SSSR count). The third-order valence-electron chi connectivity index (χ3n) is 2.54. The molecule has 0 saturated heterocycles. The van der Waals surface area contributed by atoms with Crippen molar-refractivity contribution in [2.45, 2.75) is 0 Å². The molecule has 0 amide bonds. The van der Waals surface area contributed by atoms with Crippen LogP contribution in [0.1, 0.15) is 15.9 Å². The minimum Gasteiger partial charge on any atom is -0.478 e. The van der Waals surface area contributed by atoms with E-state index in [0.717, 1.165) is 0 Å². The molecule has 5 heteroatoms. The summed E-state index contributed by atoms with van der Waals surface area (Å²) in [6.07, 6.45) is 0. The number of nitrogens with zero attached hydrogens (tertiary/aromatic N) is 1. The maximum atomic E-state index is 13.4. The van der Waals surface area contributed by atoms with Crippen LogP contribution in [-0.4, -0.2) is 11.1 Å². The molecular weight excluding hydrogens is 247 g/mol. The lowest BCUT2D eigenvalue weighted by molar-refractivity contribution is 0.0697. The van der Waals surface area contributed by atoms with Gasteiger partial charge in [0.15, 0.2) is 0 Å². The van der Waals surface area contributed by atoms with E-state index in [1.165, 1.54) is 24.3 Å². The topological polar surface area (TPSA) is 73.1 Å². The second kappa shape index (κ2) is 5.19. The molecule has 2 aromatic carbocycles. The zero-order valence-electron chi connectivity index (χ0n) is 9.72. The number of nitriles is 1. The Kier molecular flexibility index (Phi) is 3.44. The molecule has 0 aliphatic rings. The summed E-state index contributed by atoms with van der Waals surface area (Å²) in [4.78, 5) is 10.7. The number of carboxylic acids is 1. The number of carboxylic acid groups (broad SMARTS) is 1. The van der Waals surface area contributed by atoms with Crippen molar-refractivity contribution in [2.24, 2.45) is 0 Å². The van der Waals surface area contributed by atoms with Crippen LogP contribution in [0, 0.1) is 17.1 Å². The first-order chi connectivity index (χ1) is 9.11. The third-order valence-corrected chi connectivity index (χ3v) is 2.54. The maximum Gasteiger partial charge on any atom is 0.335 e. The molecule has 0 aliphatic carbocycles. The molecule has 2 aromatic rings. The summed E-state index contributed by atoms with van der Waals surface area (Å²) in [5, 5.41) is 20.5. The Bertz CT molecular complexity index is 660. The van der Waals surface area contributed by atoms with Crippen molar-refractivity contribution in [1.82, 2.24) is 0 Å². The largest absolute Gasteiger partial charge is 0.478 e. The molecule has 0 saturated carbocycles. The zero-order chi connectivity index (χ0) is 13.8. The van der Waals surface area contributed by atoms with Gasteiger partial charge in [-0.15, -0.1) is 0 Å². The maximum absolute atomic E-state index is 13.4. The predicted octanol–water partition coefficient (Wildman–Crippen LogP) is 3.14. The summed E-state index contributed by atoms with van der Waals surface area (Å²) >= 11 is 0. The van der Waals surface area contributed by atoms with E-state index >= 15 is 0 Å². The van der Waals surface area contributed by atoms with Crippen LogP contribution >= 0.6 is 0 Å². The lowest BCUT2D eigenvalue weighted by Gasteiger charge is -2.08. The Morgan fingerprint density at radius 2 is 1.89 bits per heavy atom. The molecule has 0 unspecified atom stereocenters. The highest BCUT2D eigenvalue weighted by Gasteiger charge is 2.08. The summed E-state index contributed by atoms with van der Waals surface area (Å²) in [5.41, 5.74) is 0.993. The lowest BCUT2D eigenvalue weighted by Crippen LogP contribution is -1.98. The Morgan fingerprint density at radius 1 is 1.21 bits per heavy atom. The Hall–Kier alpha value is -2.87. The average Bonchev–Trinajstić information content (AvgIpc) is 2.39. The summed E-state index contributed by atoms with van der Waals surface area (Å²) in [5.74, 6) is -1.62. The molecule has 0 radical (unpaired) electrons. The first-order valence-corrected chi connectivity index (χ1v) is 5.41. The first-order valence-electron chi connectivity index (χ1n) is 5.41. The van der Waals surface area contributed by atoms with E-state index in [1.54, 1.807) is 24.3 Å². The monoisotopic (exact) mass is 256 g/mol. The van der Waals surface area contributed by atoms with Crippen molar-refractivity contribution in [1.29, 1.82) is 5.26 Å². The van der Waals surface area contributed by atoms with Crippen molar-refractivity contribution in [3.05, 3.63) is 59.4 Å². The minimum absolute atomic E-state index is 0.0789. The van der Waals surface area contributed by atoms with E-state index in [1.807, 2.05) is 0 Å². The molecule has 19 heavy (non-hydrogen) atoms. The normalized spacial score (nSPS) is 9.68. The van der Waals surface area contributed by atoms with Gasteiger partial charge in [-0.05, 0) is 36.4 Å². The van der Waals surface area contributed by atoms with Crippen molar-refractivity contribution >= 4 is 17.3 Å². The molecule has 0 spiro atoms. The van der Waals surface area contributed by atoms with Crippen molar-refractivity contribution < 1.29 is 14.3 Å². The van der Waals surface area contributed by atoms with E-state index in [0.29, 0.717) is 11.4 Å². The highest BCUT2D eigenvalue weighted by atomic mass is 19.1. The summed E-state index contributed by atoms with van der Waals surface area (Å²) in [6.45, 7) is 0. The fourth-order valence-electron chi connectivity index (χ4n) is 1.59. The van der Waals surface area contributed by atoms with E-state index < -0.39 is 11.8 Å². The predicted molar refractivity (Wildman–Crippen MR) is 67.8 cm³/mol. The van der Waals surface area contributed by atoms with Gasteiger partial charge in [0.25, 0.3) is 0 Å². The molecule has 0 heterocycles. The number of hydrogen-bond donors (Lipinski definition) is 2. The average molecular weight is 256 g/mol. The van der Waals surface area contributed by atoms with E-state index in [9.17, 15) is 9.18 Å². The van der Waals surface area contributed by atoms with Crippen molar-refractivity contribution in [3.8, 4) is 6.07 Å². The number of hydrogen-bond acceptors (Lipinski definition) is 3. The highest BCUT2D eigenvalue weighted by molar-refractivity contribution is 5.88. The van der Waals surface area contributed by atoms with Crippen LogP contribution in [0.4, 0.5) is 15.8 Å². The van der Waals surface area contributed by atoms with Gasteiger partial charge in [0.1, 0.15) is 17.4 Å². The molecule has 2 N–H and O–H groups in total. The van der Waals surface area contributed by atoms with Gasteiger partial charge < -0.3 is 10.4 Å². The van der Waals surface area contributed by atoms with E-state index in [-0.39, 0.29) is 11.1 Å². The summed E-state index contributed by atoms with van der Waals surface area (Å²) in [6, 6.07) is 12.0. The second-order valence-electron chi connectivity index (χ2n) is 3.78. The van der Waals surface area contributed by atoms with Crippen LogP contribution in [0.25, 0.3) is 0 Å². The van der Waals surface area contributed by atoms with Gasteiger partial charge >= 0.3 is 5.97 Å². The van der Waals surface area contributed by atoms with E-state index in [2.05, 4.69) is 5.32 Å². The number of anilines is 2. The van der Waals surface area contributed by atoms with Gasteiger partial charge in [-0.2, -0.15) is 5.26 Å². The molecule has 0 fully saturated rings. The fourth-order valence-corrected chi connectivity index (χ4v) is 1.59. The number of aromatic carboxylic acids is 1. The van der Waals surface area contributed by atoms with Crippen LogP contribution in [0.3, 0.4) is 0 Å². The highest BCUT2D eigenvalue weighted by Crippen LogP contribution is 2.22. The smallest absolute Gasteiger partial charge is 0.335 e. The minimum atomic E-state index is -1.02. The molecule has 0 aliphatic heterocycles. The summed E-state index contributed by atoms with van der Waals surface area (Å²) < 4.78 is 13.4. The van der Waals surface area contributed by atoms with Crippen LogP contribution in [0.15, 0.2) is 42.5 Å². The van der Waals surface area contributed by atoms with Crippen LogP contribution in [0.2, 0.25) is 0 Å². The number of benzene rings is 2. The van der Waals surface area contributed by atoms with Gasteiger partial charge in [-0.1, -0.05) is 6.07 Å². The van der Waals surface area contributed by atoms with Gasteiger partial charge in [-0.25, -0.2) is 9.18 Å². The number of carbonyl (C=O) groups is 1. The van der Waals surface area contributed by atoms with Gasteiger partial charge in [0.05, 0.1) is 11.3 Å². The van der Waals surface area contributed by atoms with Crippen LogP contribution in [0.5, 0.6) is 0 Å². The fraction of sp³-hybridized carbons (Fsp3) is 0. The zero-order valence-corrected chi connectivity index (χ0v) is 9.72. The Balaban J connectivity index is 2.29. The van der Waals surface area contributed by atoms with Gasteiger partial charge in [0.2, 0.25) is 0 Å². The summed E-state index contributed by atoms with van der Waals surface area (Å²) in [7, 11) is 0. The molecule has 94 valence electrons. The molecule has 0 atom stereocenters. The van der Waals surface area contributed by atoms with Gasteiger partial charge in [-0.3, -0.25) is 0 Å². The molecular formula is C14H9FN2O2. The SMILES string of the molecule is N#Cc1c(F)cccc1Nc1ccc(C(=O)O)cc1. The van der Waals surface area contributed by atoms with Crippen LogP contribution in [-0.2, 0) is 0 Å². The molecule has 0 aromatic heterocycles.